The van der Waals surface area contributed by atoms with E-state index < -0.39 is 0 Å². The largest absolute Gasteiger partial charge is 0.310 e. The first-order valence-electron chi connectivity index (χ1n) is 25.2. The van der Waals surface area contributed by atoms with Gasteiger partial charge < -0.3 is 9.80 Å². The van der Waals surface area contributed by atoms with E-state index in [0.717, 1.165) is 24.9 Å². The number of anilines is 6. The van der Waals surface area contributed by atoms with Crippen molar-refractivity contribution in [2.75, 3.05) is 9.80 Å². The number of benzene rings is 10. The van der Waals surface area contributed by atoms with Gasteiger partial charge in [-0.3, -0.25) is 0 Å². The molecule has 2 nitrogen and oxygen atoms in total. The van der Waals surface area contributed by atoms with Crippen LogP contribution in [-0.4, -0.2) is 0 Å². The van der Waals surface area contributed by atoms with E-state index in [1.807, 2.05) is 0 Å². The summed E-state index contributed by atoms with van der Waals surface area (Å²) < 4.78 is 0. The van der Waals surface area contributed by atoms with Crippen LogP contribution in [0.3, 0.4) is 0 Å². The fourth-order valence-electron chi connectivity index (χ4n) is 13.7. The number of hydrogen-bond acceptors (Lipinski definition) is 2. The lowest BCUT2D eigenvalue weighted by molar-refractivity contribution is 0.350. The zero-order valence-corrected chi connectivity index (χ0v) is 39.2. The van der Waals surface area contributed by atoms with Crippen molar-refractivity contribution >= 4 is 34.1 Å². The molecule has 4 aliphatic carbocycles. The molecule has 334 valence electrons. The molecule has 14 rings (SSSR count). The molecule has 70 heavy (non-hydrogen) atoms. The third-order valence-corrected chi connectivity index (χ3v) is 16.4. The zero-order valence-electron chi connectivity index (χ0n) is 39.2. The van der Waals surface area contributed by atoms with Gasteiger partial charge in [0.05, 0.1) is 11.4 Å². The van der Waals surface area contributed by atoms with Crippen molar-refractivity contribution in [3.05, 3.63) is 276 Å². The van der Waals surface area contributed by atoms with Crippen molar-refractivity contribution < 1.29 is 0 Å². The maximum Gasteiger partial charge on any atom is 0.0505 e. The van der Waals surface area contributed by atoms with Crippen LogP contribution in [0.25, 0.3) is 44.5 Å². The molecule has 4 aliphatic rings. The van der Waals surface area contributed by atoms with Crippen LogP contribution in [-0.2, 0) is 24.7 Å². The lowest BCUT2D eigenvalue weighted by atomic mass is 9.68. The summed E-state index contributed by atoms with van der Waals surface area (Å²) in [6.07, 6.45) is 5.62. The normalized spacial score (nSPS) is 17.8. The minimum Gasteiger partial charge on any atom is -0.310 e. The Kier molecular flexibility index (Phi) is 9.62. The average molecular weight is 897 g/mol. The van der Waals surface area contributed by atoms with Crippen LogP contribution < -0.4 is 9.80 Å². The van der Waals surface area contributed by atoms with E-state index in [1.165, 1.54) is 119 Å². The summed E-state index contributed by atoms with van der Waals surface area (Å²) >= 11 is 0. The molecule has 0 amide bonds. The summed E-state index contributed by atoms with van der Waals surface area (Å²) in [5.41, 5.74) is 26.2. The Bertz CT molecular complexity index is 3520. The molecule has 0 aromatic heterocycles. The van der Waals surface area contributed by atoms with Gasteiger partial charge in [0, 0.05) is 28.2 Å². The third-order valence-electron chi connectivity index (χ3n) is 16.4. The van der Waals surface area contributed by atoms with E-state index >= 15 is 0 Å². The molecule has 2 heteroatoms. The van der Waals surface area contributed by atoms with E-state index in [9.17, 15) is 0 Å². The predicted octanol–water partition coefficient (Wildman–Crippen LogP) is 17.6. The van der Waals surface area contributed by atoms with Gasteiger partial charge in [-0.2, -0.15) is 0 Å². The van der Waals surface area contributed by atoms with E-state index in [2.05, 4.69) is 252 Å². The SMILES string of the molecule is c1ccc(-c2cccc(-c3ccccc3)c2-c2ccc(N(c3ccccc3)c3cccc4c3C35c6c(cccc6N(c6ccccc6)c6ccc7c(c6)Cc6ccccc6-7)CC3CCC5C4)cc2)cc1. The van der Waals surface area contributed by atoms with E-state index in [0.29, 0.717) is 11.8 Å². The van der Waals surface area contributed by atoms with Crippen LogP contribution in [0.4, 0.5) is 34.1 Å². The number of fused-ring (bicyclic) bond motifs is 5. The van der Waals surface area contributed by atoms with E-state index in [-0.39, 0.29) is 5.41 Å². The maximum absolute atomic E-state index is 2.60. The number of hydrogen-bond donors (Lipinski definition) is 0. The van der Waals surface area contributed by atoms with Gasteiger partial charge in [-0.25, -0.2) is 0 Å². The monoisotopic (exact) mass is 896 g/mol. The van der Waals surface area contributed by atoms with Gasteiger partial charge in [0.25, 0.3) is 0 Å². The smallest absolute Gasteiger partial charge is 0.0505 e. The highest BCUT2D eigenvalue weighted by atomic mass is 15.2. The van der Waals surface area contributed by atoms with Crippen molar-refractivity contribution in [2.45, 2.75) is 37.5 Å². The zero-order chi connectivity index (χ0) is 46.2. The Hall–Kier alpha value is -8.20. The lowest BCUT2D eigenvalue weighted by Crippen LogP contribution is -2.34. The van der Waals surface area contributed by atoms with Crippen molar-refractivity contribution in [1.29, 1.82) is 0 Å². The quantitative estimate of drug-likeness (QED) is 0.142. The van der Waals surface area contributed by atoms with Gasteiger partial charge in [0.1, 0.15) is 0 Å². The fourth-order valence-corrected chi connectivity index (χ4v) is 13.7. The minimum atomic E-state index is -0.149. The van der Waals surface area contributed by atoms with Gasteiger partial charge >= 0.3 is 0 Å². The van der Waals surface area contributed by atoms with E-state index in [1.54, 1.807) is 0 Å². The van der Waals surface area contributed by atoms with Gasteiger partial charge in [-0.15, -0.1) is 0 Å². The summed E-state index contributed by atoms with van der Waals surface area (Å²) in [4.78, 5) is 5.17. The Balaban J connectivity index is 0.943. The van der Waals surface area contributed by atoms with Gasteiger partial charge in [0.2, 0.25) is 0 Å². The lowest BCUT2D eigenvalue weighted by Gasteiger charge is -2.40. The Morgan fingerprint density at radius 3 is 1.31 bits per heavy atom. The van der Waals surface area contributed by atoms with Gasteiger partial charge in [-0.05, 0) is 182 Å². The topological polar surface area (TPSA) is 6.48 Å². The molecule has 10 aromatic carbocycles. The molecule has 0 radical (unpaired) electrons. The molecule has 0 heterocycles. The van der Waals surface area contributed by atoms with Crippen LogP contribution in [0.1, 0.15) is 46.2 Å². The molecule has 1 fully saturated rings. The highest BCUT2D eigenvalue weighted by molar-refractivity contribution is 5.96. The Morgan fingerprint density at radius 1 is 0.314 bits per heavy atom. The average Bonchev–Trinajstić information content (AvgIpc) is 4.17. The molecule has 0 N–H and O–H groups in total. The molecule has 10 aromatic rings. The maximum atomic E-state index is 2.60. The highest BCUT2D eigenvalue weighted by Crippen LogP contribution is 2.69. The molecular formula is C68H52N2. The van der Waals surface area contributed by atoms with Crippen LogP contribution in [0.15, 0.2) is 243 Å². The van der Waals surface area contributed by atoms with Gasteiger partial charge in [-0.1, -0.05) is 182 Å². The predicted molar refractivity (Wildman–Crippen MR) is 291 cm³/mol. The molecule has 0 saturated heterocycles. The summed E-state index contributed by atoms with van der Waals surface area (Å²) in [7, 11) is 0. The molecule has 3 atom stereocenters. The first kappa shape index (κ1) is 40.8. The van der Waals surface area contributed by atoms with Crippen molar-refractivity contribution in [3.8, 4) is 44.5 Å². The number of nitrogens with zero attached hydrogens (tertiary/aromatic N) is 2. The minimum absolute atomic E-state index is 0.149. The van der Waals surface area contributed by atoms with Gasteiger partial charge in [0.15, 0.2) is 0 Å². The Labute approximate surface area is 411 Å². The second kappa shape index (κ2) is 16.5. The number of para-hydroxylation sites is 2. The van der Waals surface area contributed by atoms with Crippen molar-refractivity contribution in [3.63, 3.8) is 0 Å². The highest BCUT2D eigenvalue weighted by Gasteiger charge is 2.62. The molecule has 3 unspecified atom stereocenters. The van der Waals surface area contributed by atoms with Crippen molar-refractivity contribution in [1.82, 2.24) is 0 Å². The van der Waals surface area contributed by atoms with Crippen molar-refractivity contribution in [2.24, 2.45) is 11.8 Å². The molecule has 0 bridgehead atoms. The van der Waals surface area contributed by atoms with Crippen LogP contribution in [0.2, 0.25) is 0 Å². The van der Waals surface area contributed by atoms with Crippen LogP contribution in [0.5, 0.6) is 0 Å². The summed E-state index contributed by atoms with van der Waals surface area (Å²) in [6, 6.07) is 90.7. The molecule has 1 spiro atoms. The second-order valence-electron chi connectivity index (χ2n) is 19.9. The standard InChI is InChI=1S/C68H52N2/c1-5-18-46(19-6-1)61-30-17-31-62(47-20-7-2-8-21-47)65(61)48-34-38-57(39-35-48)69(55-25-9-3-10-26-55)63-32-15-23-50-43-53-36-37-54-44-51-24-16-33-64(67(51)68(53,54)66(50)63)70(56-27-11-4-12-28-56)58-40-41-60-52(45-58)42-49-22-13-14-29-59(49)60/h1-35,38-41,45,53-54H,36-37,42-44H2. The molecule has 0 aliphatic heterocycles. The van der Waals surface area contributed by atoms with Crippen LogP contribution in [0, 0.1) is 11.8 Å². The summed E-state index contributed by atoms with van der Waals surface area (Å²) in [5, 5.41) is 0. The number of rotatable bonds is 9. The third kappa shape index (κ3) is 6.32. The first-order chi connectivity index (χ1) is 34.7. The van der Waals surface area contributed by atoms with E-state index in [4.69, 9.17) is 0 Å². The molecule has 1 saturated carbocycles. The summed E-state index contributed by atoms with van der Waals surface area (Å²) in [5.74, 6) is 1.02. The molecular weight excluding hydrogens is 845 g/mol. The first-order valence-corrected chi connectivity index (χ1v) is 25.2. The van der Waals surface area contributed by atoms with Crippen LogP contribution >= 0.6 is 0 Å². The fraction of sp³-hybridized carbons (Fsp3) is 0.118. The Morgan fingerprint density at radius 2 is 0.743 bits per heavy atom. The second-order valence-corrected chi connectivity index (χ2v) is 19.9. The summed E-state index contributed by atoms with van der Waals surface area (Å²) in [6.45, 7) is 0.